The van der Waals surface area contributed by atoms with Gasteiger partial charge in [-0.25, -0.2) is 14.8 Å². The Morgan fingerprint density at radius 1 is 0.918 bits per heavy atom. The number of nitrogens with one attached hydrogen (secondary N) is 4. The summed E-state index contributed by atoms with van der Waals surface area (Å²) in [5.41, 5.74) is 6.34. The molecule has 2 amide bonds. The molecule has 0 saturated carbocycles. The predicted octanol–water partition coefficient (Wildman–Crippen LogP) is 8.03. The number of aromatic amines is 2. The highest BCUT2D eigenvalue weighted by Gasteiger charge is 2.37. The largest absolute Gasteiger partial charge is 0.453 e. The van der Waals surface area contributed by atoms with E-state index in [2.05, 4.69) is 75.2 Å². The quantitative estimate of drug-likeness (QED) is 0.128. The molecule has 49 heavy (non-hydrogen) atoms. The lowest BCUT2D eigenvalue weighted by atomic mass is 10.0. The van der Waals surface area contributed by atoms with Crippen LogP contribution in [0.15, 0.2) is 60.8 Å². The van der Waals surface area contributed by atoms with Gasteiger partial charge in [-0.2, -0.15) is 0 Å². The van der Waals surface area contributed by atoms with E-state index in [-0.39, 0.29) is 17.9 Å². The normalized spacial score (nSPS) is 18.6. The van der Waals surface area contributed by atoms with Crippen LogP contribution in [0.2, 0.25) is 0 Å². The van der Waals surface area contributed by atoms with Crippen LogP contribution in [0.4, 0.5) is 4.79 Å². The number of H-pyrrole nitrogens is 2. The standard InChI is InChI=1S/C37H39N7O3S2/c1-20(2)33(43-37(46)47-3)36(45)44-15-5-7-28(44)35-39-19-27(42-35)21-8-10-22(11-9-21)29-17-31-32(48-29)18-30(49-31)23-12-13-24-26(16-23)41-34(40-24)25-6-4-14-38-25/h8-13,16-20,25,28,33,38H,4-7,14-15H2,1-3H3,(H,39,42)(H,40,41)(H,43,46)/t25-,28-,33?/m0/s1. The molecule has 0 bridgehead atoms. The van der Waals surface area contributed by atoms with Gasteiger partial charge in [-0.05, 0) is 73.5 Å². The first-order valence-corrected chi connectivity index (χ1v) is 18.6. The van der Waals surface area contributed by atoms with Gasteiger partial charge in [-0.15, -0.1) is 22.7 Å². The summed E-state index contributed by atoms with van der Waals surface area (Å²) in [6.45, 7) is 5.51. The lowest BCUT2D eigenvalue weighted by Crippen LogP contribution is -2.51. The average Bonchev–Trinajstić information content (AvgIpc) is 3.95. The highest BCUT2D eigenvalue weighted by molar-refractivity contribution is 7.31. The molecular formula is C37H39N7O3S2. The Balaban J connectivity index is 0.964. The molecule has 1 unspecified atom stereocenters. The molecule has 2 aliphatic heterocycles. The number of aromatic nitrogens is 4. The molecule has 2 fully saturated rings. The summed E-state index contributed by atoms with van der Waals surface area (Å²) >= 11 is 3.64. The van der Waals surface area contributed by atoms with Gasteiger partial charge in [0.05, 0.1) is 35.9 Å². The first kappa shape index (κ1) is 31.7. The molecule has 6 heterocycles. The minimum absolute atomic E-state index is 0.0788. The van der Waals surface area contributed by atoms with E-state index >= 15 is 0 Å². The third-order valence-electron chi connectivity index (χ3n) is 9.69. The average molecular weight is 694 g/mol. The van der Waals surface area contributed by atoms with Gasteiger partial charge in [-0.1, -0.05) is 44.2 Å². The van der Waals surface area contributed by atoms with Gasteiger partial charge in [0.15, 0.2) is 0 Å². The number of imidazole rings is 2. The molecule has 0 aliphatic carbocycles. The molecule has 0 spiro atoms. The van der Waals surface area contributed by atoms with E-state index in [1.54, 1.807) is 0 Å². The first-order chi connectivity index (χ1) is 23.8. The molecule has 8 rings (SSSR count). The number of likely N-dealkylation sites (tertiary alicyclic amines) is 1. The van der Waals surface area contributed by atoms with E-state index < -0.39 is 12.1 Å². The van der Waals surface area contributed by atoms with Crippen molar-refractivity contribution in [2.45, 2.75) is 57.7 Å². The van der Waals surface area contributed by atoms with Crippen LogP contribution in [0.3, 0.4) is 0 Å². The number of hydrogen-bond acceptors (Lipinski definition) is 8. The minimum Gasteiger partial charge on any atom is -0.453 e. The third-order valence-corrected chi connectivity index (χ3v) is 12.1. The summed E-state index contributed by atoms with van der Waals surface area (Å²) in [5, 5.41) is 6.24. The molecule has 4 N–H and O–H groups in total. The molecule has 0 radical (unpaired) electrons. The number of fused-ring (bicyclic) bond motifs is 2. The van der Waals surface area contributed by atoms with E-state index in [1.165, 1.54) is 43.8 Å². The summed E-state index contributed by atoms with van der Waals surface area (Å²) < 4.78 is 7.33. The molecule has 2 saturated heterocycles. The third kappa shape index (κ3) is 6.13. The Kier molecular flexibility index (Phi) is 8.46. The highest BCUT2D eigenvalue weighted by atomic mass is 32.1. The van der Waals surface area contributed by atoms with Crippen molar-refractivity contribution in [3.63, 3.8) is 0 Å². The molecular weight excluding hydrogens is 655 g/mol. The van der Waals surface area contributed by atoms with E-state index in [0.29, 0.717) is 12.6 Å². The molecule has 252 valence electrons. The maximum Gasteiger partial charge on any atom is 0.407 e. The summed E-state index contributed by atoms with van der Waals surface area (Å²) in [4.78, 5) is 46.4. The van der Waals surface area contributed by atoms with Crippen molar-refractivity contribution in [1.29, 1.82) is 0 Å². The number of rotatable bonds is 8. The van der Waals surface area contributed by atoms with Gasteiger partial charge < -0.3 is 30.2 Å². The molecule has 6 aromatic rings. The van der Waals surface area contributed by atoms with Gasteiger partial charge in [0, 0.05) is 37.5 Å². The smallest absolute Gasteiger partial charge is 0.407 e. The van der Waals surface area contributed by atoms with Crippen molar-refractivity contribution in [1.82, 2.24) is 35.5 Å². The highest BCUT2D eigenvalue weighted by Crippen LogP contribution is 2.42. The first-order valence-electron chi connectivity index (χ1n) is 16.9. The Hall–Kier alpha value is -4.52. The van der Waals surface area contributed by atoms with Crippen molar-refractivity contribution in [3.05, 3.63) is 72.4 Å². The zero-order chi connectivity index (χ0) is 33.6. The number of carbonyl (C=O) groups is 2. The fourth-order valence-corrected chi connectivity index (χ4v) is 9.44. The van der Waals surface area contributed by atoms with E-state index in [9.17, 15) is 9.59 Å². The predicted molar refractivity (Wildman–Crippen MR) is 196 cm³/mol. The number of alkyl carbamates (subject to hydrolysis) is 1. The second kappa shape index (κ2) is 13.1. The fourth-order valence-electron chi connectivity index (χ4n) is 7.04. The molecule has 4 aromatic heterocycles. The van der Waals surface area contributed by atoms with E-state index in [4.69, 9.17) is 14.7 Å². The number of hydrogen-bond donors (Lipinski definition) is 4. The van der Waals surface area contributed by atoms with Gasteiger partial charge in [-0.3, -0.25) is 4.79 Å². The maximum absolute atomic E-state index is 13.5. The van der Waals surface area contributed by atoms with Crippen molar-refractivity contribution in [2.75, 3.05) is 20.2 Å². The van der Waals surface area contributed by atoms with Crippen LogP contribution in [0, 0.1) is 5.92 Å². The van der Waals surface area contributed by atoms with Crippen LogP contribution < -0.4 is 10.6 Å². The summed E-state index contributed by atoms with van der Waals surface area (Å²) in [6.07, 6.45) is 5.32. The van der Waals surface area contributed by atoms with Crippen LogP contribution in [-0.4, -0.2) is 63.1 Å². The van der Waals surface area contributed by atoms with Gasteiger partial charge in [0.2, 0.25) is 5.91 Å². The number of carbonyl (C=O) groups excluding carboxylic acids is 2. The number of thiophene rings is 2. The lowest BCUT2D eigenvalue weighted by molar-refractivity contribution is -0.135. The van der Waals surface area contributed by atoms with Crippen LogP contribution >= 0.6 is 22.7 Å². The number of methoxy groups -OCH3 is 1. The number of nitrogens with zero attached hydrogens (tertiary/aromatic N) is 3. The monoisotopic (exact) mass is 693 g/mol. The van der Waals surface area contributed by atoms with Gasteiger partial charge in [0.25, 0.3) is 0 Å². The van der Waals surface area contributed by atoms with Crippen LogP contribution in [0.5, 0.6) is 0 Å². The molecule has 3 atom stereocenters. The number of ether oxygens (including phenoxy) is 1. The van der Waals surface area contributed by atoms with Crippen LogP contribution in [0.1, 0.15) is 63.3 Å². The van der Waals surface area contributed by atoms with E-state index in [1.807, 2.05) is 47.6 Å². The SMILES string of the molecule is COC(=O)NC(C(=O)N1CCC[C@H]1c1nc(-c2ccc(-c3cc4sc(-c5ccc6nc([C@@H]7CCCN7)[nH]c6c5)cc4s3)cc2)c[nH]1)C(C)C. The zero-order valence-electron chi connectivity index (χ0n) is 27.7. The molecule has 10 nitrogen and oxygen atoms in total. The van der Waals surface area contributed by atoms with Crippen molar-refractivity contribution < 1.29 is 14.3 Å². The van der Waals surface area contributed by atoms with Crippen molar-refractivity contribution in [3.8, 4) is 32.1 Å². The summed E-state index contributed by atoms with van der Waals surface area (Å²) in [6, 6.07) is 19.1. The zero-order valence-corrected chi connectivity index (χ0v) is 29.3. The van der Waals surface area contributed by atoms with Crippen molar-refractivity contribution >= 4 is 55.1 Å². The number of amides is 2. The molecule has 2 aliphatic rings. The Morgan fingerprint density at radius 3 is 2.37 bits per heavy atom. The lowest BCUT2D eigenvalue weighted by Gasteiger charge is -2.29. The minimum atomic E-state index is -0.659. The van der Waals surface area contributed by atoms with Crippen molar-refractivity contribution in [2.24, 2.45) is 5.92 Å². The fraction of sp³-hybridized carbons (Fsp3) is 0.351. The Labute approximate surface area is 292 Å². The van der Waals surface area contributed by atoms with Crippen LogP contribution in [0.25, 0.3) is 52.6 Å². The van der Waals surface area contributed by atoms with E-state index in [0.717, 1.165) is 59.7 Å². The topological polar surface area (TPSA) is 128 Å². The number of benzene rings is 2. The summed E-state index contributed by atoms with van der Waals surface area (Å²) in [5.74, 6) is 1.61. The Bertz CT molecular complexity index is 2110. The van der Waals surface area contributed by atoms with Gasteiger partial charge in [0.1, 0.15) is 17.7 Å². The second-order valence-electron chi connectivity index (χ2n) is 13.2. The second-order valence-corrected chi connectivity index (χ2v) is 15.4. The van der Waals surface area contributed by atoms with Gasteiger partial charge >= 0.3 is 6.09 Å². The maximum atomic E-state index is 13.5. The Morgan fingerprint density at radius 2 is 1.65 bits per heavy atom. The summed E-state index contributed by atoms with van der Waals surface area (Å²) in [7, 11) is 1.30. The molecule has 12 heteroatoms. The molecule has 2 aromatic carbocycles. The van der Waals surface area contributed by atoms with Crippen LogP contribution in [-0.2, 0) is 9.53 Å².